The Bertz CT molecular complexity index is 1250. The highest BCUT2D eigenvalue weighted by Gasteiger charge is 2.48. The lowest BCUT2D eigenvalue weighted by Crippen LogP contribution is -2.64. The van der Waals surface area contributed by atoms with Crippen molar-refractivity contribution in [2.75, 3.05) is 31.0 Å². The molecule has 3 aromatic heterocycles. The summed E-state index contributed by atoms with van der Waals surface area (Å²) >= 11 is 0. The third-order valence-corrected chi connectivity index (χ3v) is 8.10. The van der Waals surface area contributed by atoms with Gasteiger partial charge in [0.2, 0.25) is 5.95 Å². The number of ether oxygens (including phenoxy) is 2. The molecular formula is C22H26FN5O3S. The van der Waals surface area contributed by atoms with Gasteiger partial charge < -0.3 is 19.4 Å². The molecule has 32 heavy (non-hydrogen) atoms. The predicted molar refractivity (Wildman–Crippen MR) is 121 cm³/mol. The number of hydrogen-bond acceptors (Lipinski definition) is 7. The number of hydrogen-bond donors (Lipinski definition) is 1. The Morgan fingerprint density at radius 3 is 2.88 bits per heavy atom. The van der Waals surface area contributed by atoms with Crippen molar-refractivity contribution in [3.8, 4) is 17.1 Å². The van der Waals surface area contributed by atoms with E-state index in [9.17, 15) is 4.21 Å². The first-order valence-electron chi connectivity index (χ1n) is 10.5. The lowest BCUT2D eigenvalue weighted by molar-refractivity contribution is 0.00706. The summed E-state index contributed by atoms with van der Waals surface area (Å²) in [5.74, 6) is 0.599. The molecule has 0 amide bonds. The number of pyridine rings is 1. The second-order valence-electron chi connectivity index (χ2n) is 9.26. The first kappa shape index (κ1) is 21.3. The molecule has 0 aliphatic carbocycles. The predicted octanol–water partition coefficient (Wildman–Crippen LogP) is 3.15. The van der Waals surface area contributed by atoms with Crippen LogP contribution in [0.3, 0.4) is 0 Å². The van der Waals surface area contributed by atoms with E-state index in [1.165, 1.54) is 6.20 Å². The van der Waals surface area contributed by atoms with E-state index in [4.69, 9.17) is 19.4 Å². The third-order valence-electron chi connectivity index (χ3n) is 6.47. The Morgan fingerprint density at radius 2 is 2.12 bits per heavy atom. The van der Waals surface area contributed by atoms with E-state index in [1.54, 1.807) is 18.5 Å². The van der Waals surface area contributed by atoms with Crippen LogP contribution in [-0.2, 0) is 20.3 Å². The maximum absolute atomic E-state index is 15.1. The molecule has 2 aliphatic rings. The van der Waals surface area contributed by atoms with E-state index in [1.807, 2.05) is 13.8 Å². The van der Waals surface area contributed by atoms with Gasteiger partial charge in [-0.1, -0.05) is 0 Å². The summed E-state index contributed by atoms with van der Waals surface area (Å²) < 4.78 is 38.9. The second kappa shape index (κ2) is 7.21. The van der Waals surface area contributed by atoms with Crippen LogP contribution in [0, 0.1) is 5.95 Å². The second-order valence-corrected chi connectivity index (χ2v) is 11.2. The van der Waals surface area contributed by atoms with Crippen LogP contribution in [0.4, 0.5) is 10.2 Å². The molecule has 1 fully saturated rings. The van der Waals surface area contributed by atoms with Crippen LogP contribution in [0.2, 0.25) is 0 Å². The van der Waals surface area contributed by atoms with Gasteiger partial charge in [0.05, 0.1) is 46.8 Å². The molecule has 1 saturated heterocycles. The molecule has 10 heteroatoms. The number of aromatic amines is 1. The van der Waals surface area contributed by atoms with E-state index >= 15 is 4.39 Å². The zero-order valence-corrected chi connectivity index (χ0v) is 19.5. The molecule has 8 nitrogen and oxygen atoms in total. The first-order chi connectivity index (χ1) is 15.1. The maximum atomic E-state index is 15.1. The van der Waals surface area contributed by atoms with Gasteiger partial charge in [-0.25, -0.2) is 15.0 Å². The van der Waals surface area contributed by atoms with E-state index in [-0.39, 0.29) is 17.4 Å². The van der Waals surface area contributed by atoms with Crippen molar-refractivity contribution in [1.82, 2.24) is 19.9 Å². The summed E-state index contributed by atoms with van der Waals surface area (Å²) in [4.78, 5) is 18.7. The summed E-state index contributed by atoms with van der Waals surface area (Å²) in [6, 6.07) is 1.80. The number of nitrogens with one attached hydrogen (secondary N) is 1. The highest BCUT2D eigenvalue weighted by atomic mass is 32.2. The van der Waals surface area contributed by atoms with Gasteiger partial charge in [0.25, 0.3) is 0 Å². The van der Waals surface area contributed by atoms with Gasteiger partial charge in [0, 0.05) is 28.6 Å². The van der Waals surface area contributed by atoms with E-state index < -0.39 is 27.0 Å². The van der Waals surface area contributed by atoms with Gasteiger partial charge in [-0.05, 0) is 33.8 Å². The molecule has 3 aromatic rings. The molecule has 0 spiro atoms. The molecule has 3 atom stereocenters. The fourth-order valence-corrected chi connectivity index (χ4v) is 4.95. The summed E-state index contributed by atoms with van der Waals surface area (Å²) in [6.45, 7) is 9.23. The SMILES string of the molecule is C[C@@H]1COC[C@@]2(C)COc3c(nc(-c4c(F)ncc5[nH]ccc45)nc3C(C)(C)S(C)=O)N12. The number of rotatable bonds is 3. The topological polar surface area (TPSA) is 93.2 Å². The van der Waals surface area contributed by atoms with Crippen LogP contribution in [0.25, 0.3) is 22.3 Å². The summed E-state index contributed by atoms with van der Waals surface area (Å²) in [7, 11) is -1.27. The number of nitrogens with zero attached hydrogens (tertiary/aromatic N) is 4. The van der Waals surface area contributed by atoms with Crippen molar-refractivity contribution in [2.45, 2.75) is 44.0 Å². The minimum absolute atomic E-state index is 0.0215. The molecule has 0 aromatic carbocycles. The van der Waals surface area contributed by atoms with Gasteiger partial charge in [-0.2, -0.15) is 4.39 Å². The molecule has 0 radical (unpaired) electrons. The fraction of sp³-hybridized carbons (Fsp3) is 0.500. The van der Waals surface area contributed by atoms with Gasteiger partial charge in [0.1, 0.15) is 12.3 Å². The van der Waals surface area contributed by atoms with Crippen molar-refractivity contribution in [3.63, 3.8) is 0 Å². The van der Waals surface area contributed by atoms with Crippen LogP contribution in [-0.4, -0.2) is 61.8 Å². The van der Waals surface area contributed by atoms with Gasteiger partial charge in [0.15, 0.2) is 17.4 Å². The lowest BCUT2D eigenvalue weighted by atomic mass is 9.95. The zero-order valence-electron chi connectivity index (χ0n) is 18.7. The van der Waals surface area contributed by atoms with Crippen molar-refractivity contribution in [3.05, 3.63) is 30.1 Å². The Labute approximate surface area is 188 Å². The Morgan fingerprint density at radius 1 is 1.34 bits per heavy atom. The Hall–Kier alpha value is -2.59. The minimum atomic E-state index is -1.27. The number of anilines is 1. The normalized spacial score (nSPS) is 24.1. The first-order valence-corrected chi connectivity index (χ1v) is 12.1. The number of halogens is 1. The van der Waals surface area contributed by atoms with E-state index in [0.717, 1.165) is 0 Å². The highest BCUT2D eigenvalue weighted by molar-refractivity contribution is 7.85. The van der Waals surface area contributed by atoms with Gasteiger partial charge in [-0.3, -0.25) is 4.21 Å². The van der Waals surface area contributed by atoms with Crippen molar-refractivity contribution < 1.29 is 18.1 Å². The van der Waals surface area contributed by atoms with E-state index in [0.29, 0.717) is 48.0 Å². The van der Waals surface area contributed by atoms with E-state index in [2.05, 4.69) is 28.7 Å². The lowest BCUT2D eigenvalue weighted by Gasteiger charge is -2.52. The smallest absolute Gasteiger partial charge is 0.224 e. The summed E-state index contributed by atoms with van der Waals surface area (Å²) in [5, 5.41) is 0.633. The molecular weight excluding hydrogens is 433 g/mol. The summed E-state index contributed by atoms with van der Waals surface area (Å²) in [5.41, 5.74) is 0.952. The molecule has 0 saturated carbocycles. The van der Waals surface area contributed by atoms with Crippen LogP contribution >= 0.6 is 0 Å². The van der Waals surface area contributed by atoms with Crippen molar-refractivity contribution in [1.29, 1.82) is 0 Å². The maximum Gasteiger partial charge on any atom is 0.224 e. The quantitative estimate of drug-likeness (QED) is 0.602. The van der Waals surface area contributed by atoms with Gasteiger partial charge >= 0.3 is 0 Å². The molecule has 0 bridgehead atoms. The molecule has 5 heterocycles. The average Bonchev–Trinajstić information content (AvgIpc) is 3.20. The number of H-pyrrole nitrogens is 1. The van der Waals surface area contributed by atoms with Crippen LogP contribution < -0.4 is 9.64 Å². The van der Waals surface area contributed by atoms with Crippen LogP contribution in [0.5, 0.6) is 5.75 Å². The Balaban J connectivity index is 1.83. The standard InChI is InChI=1S/C22H26FN5O3S/c1-12-9-30-10-22(4)11-31-16-17(21(2,3)32(5)29)26-19(27-20(16)28(12)22)15-13-6-7-24-14(13)8-25-18(15)23/h6-8,12,24H,9-11H2,1-5H3/t12-,22+,32?/m1/s1. The largest absolute Gasteiger partial charge is 0.485 e. The fourth-order valence-electron chi connectivity index (χ4n) is 4.54. The van der Waals surface area contributed by atoms with Crippen LogP contribution in [0.15, 0.2) is 18.5 Å². The number of fused-ring (bicyclic) bond motifs is 4. The molecule has 1 unspecified atom stereocenters. The number of aromatic nitrogens is 4. The number of morpholine rings is 1. The molecule has 2 aliphatic heterocycles. The van der Waals surface area contributed by atoms with Crippen molar-refractivity contribution >= 4 is 27.5 Å². The summed E-state index contributed by atoms with van der Waals surface area (Å²) in [6.07, 6.45) is 4.81. The van der Waals surface area contributed by atoms with Crippen molar-refractivity contribution in [2.24, 2.45) is 0 Å². The van der Waals surface area contributed by atoms with Crippen LogP contribution in [0.1, 0.15) is 33.4 Å². The highest BCUT2D eigenvalue weighted by Crippen LogP contribution is 2.46. The molecule has 170 valence electrons. The molecule has 5 rings (SSSR count). The third kappa shape index (κ3) is 3.03. The molecule has 1 N–H and O–H groups in total. The average molecular weight is 460 g/mol. The minimum Gasteiger partial charge on any atom is -0.485 e. The van der Waals surface area contributed by atoms with Gasteiger partial charge in [-0.15, -0.1) is 0 Å². The zero-order chi connectivity index (χ0) is 22.8. The Kier molecular flexibility index (Phi) is 4.79. The monoisotopic (exact) mass is 459 g/mol.